The maximum Gasteiger partial charge on any atom is 0.346 e. The molecule has 0 atom stereocenters. The predicted molar refractivity (Wildman–Crippen MR) is 175 cm³/mol. The van der Waals surface area contributed by atoms with Crippen molar-refractivity contribution >= 4 is 40.7 Å². The lowest BCUT2D eigenvalue weighted by molar-refractivity contribution is -0.158. The lowest BCUT2D eigenvalue weighted by Crippen LogP contribution is -2.36. The molecule has 0 unspecified atom stereocenters. The molecule has 0 aliphatic rings. The molecule has 5 heteroatoms. The summed E-state index contributed by atoms with van der Waals surface area (Å²) in [6, 6.07) is 40.9. The fraction of sp³-hybridized carbons (Fsp3) is 0.243. The van der Waals surface area contributed by atoms with Crippen molar-refractivity contribution in [3.05, 3.63) is 132 Å². The number of ether oxygens (including phenoxy) is 2. The number of rotatable bonds is 8. The molecule has 0 saturated heterocycles. The summed E-state index contributed by atoms with van der Waals surface area (Å²) in [6.45, 7) is 10.8. The maximum absolute atomic E-state index is 14.0. The first-order valence-corrected chi connectivity index (χ1v) is 16.2. The standard InChI is InChI=1S/C37H40O4P/c1-36(2,3)40-34(38)33(35(39)41-37(4,5)6)32(28-19-11-7-12-20-28)27-42(29-21-13-8-14-22-29,30-23-15-9-16-24-30)31-25-17-10-18-26-31/h7-26H,27H2,1-6H3/q+1. The van der Waals surface area contributed by atoms with Crippen LogP contribution in [0.25, 0.3) is 5.57 Å². The van der Waals surface area contributed by atoms with Gasteiger partial charge in [0.05, 0.1) is 0 Å². The second kappa shape index (κ2) is 12.9. The van der Waals surface area contributed by atoms with E-state index in [-0.39, 0.29) is 5.57 Å². The van der Waals surface area contributed by atoms with Crippen molar-refractivity contribution in [1.82, 2.24) is 0 Å². The van der Waals surface area contributed by atoms with Gasteiger partial charge in [0.2, 0.25) is 0 Å². The molecule has 0 fully saturated rings. The molecule has 0 heterocycles. The molecule has 0 aliphatic carbocycles. The van der Waals surface area contributed by atoms with Crippen molar-refractivity contribution in [3.8, 4) is 0 Å². The number of hydrogen-bond donors (Lipinski definition) is 0. The second-order valence-corrected chi connectivity index (χ2v) is 15.7. The van der Waals surface area contributed by atoms with Gasteiger partial charge in [-0.2, -0.15) is 0 Å². The van der Waals surface area contributed by atoms with Gasteiger partial charge in [-0.05, 0) is 83.5 Å². The average molecular weight is 580 g/mol. The van der Waals surface area contributed by atoms with Crippen molar-refractivity contribution in [1.29, 1.82) is 0 Å². The number of benzene rings is 4. The maximum atomic E-state index is 14.0. The van der Waals surface area contributed by atoms with Crippen LogP contribution >= 0.6 is 7.26 Å². The van der Waals surface area contributed by atoms with Gasteiger partial charge in [-0.1, -0.05) is 84.9 Å². The zero-order valence-corrected chi connectivity index (χ0v) is 26.2. The summed E-state index contributed by atoms with van der Waals surface area (Å²) in [7, 11) is -2.48. The summed E-state index contributed by atoms with van der Waals surface area (Å²) in [4.78, 5) is 28.1. The van der Waals surface area contributed by atoms with Crippen LogP contribution in [0, 0.1) is 0 Å². The Bertz CT molecular complexity index is 1390. The van der Waals surface area contributed by atoms with E-state index in [2.05, 4.69) is 36.4 Å². The fourth-order valence-electron chi connectivity index (χ4n) is 4.95. The predicted octanol–water partition coefficient (Wildman–Crippen LogP) is 7.12. The van der Waals surface area contributed by atoms with Crippen LogP contribution in [0.15, 0.2) is 127 Å². The molecule has 4 aromatic rings. The average Bonchev–Trinajstić information content (AvgIpc) is 2.95. The molecule has 0 aromatic heterocycles. The highest BCUT2D eigenvalue weighted by atomic mass is 31.2. The van der Waals surface area contributed by atoms with E-state index >= 15 is 0 Å². The highest BCUT2D eigenvalue weighted by Crippen LogP contribution is 2.58. The zero-order valence-electron chi connectivity index (χ0n) is 25.3. The molecule has 4 rings (SSSR count). The molecular formula is C37H40O4P+. The van der Waals surface area contributed by atoms with Crippen LogP contribution in [0.1, 0.15) is 47.1 Å². The summed E-state index contributed by atoms with van der Waals surface area (Å²) in [5.74, 6) is -1.38. The zero-order chi connectivity index (χ0) is 30.4. The number of allylic oxidation sites excluding steroid dienone is 1. The third-order valence-electron chi connectivity index (χ3n) is 6.62. The third-order valence-corrected chi connectivity index (χ3v) is 10.9. The first kappa shape index (κ1) is 30.9. The molecule has 0 bridgehead atoms. The Hall–Kier alpha value is -4.01. The first-order valence-electron chi connectivity index (χ1n) is 14.2. The Kier molecular flexibility index (Phi) is 9.49. The van der Waals surface area contributed by atoms with Crippen molar-refractivity contribution in [2.45, 2.75) is 52.7 Å². The van der Waals surface area contributed by atoms with Crippen LogP contribution < -0.4 is 15.9 Å². The minimum atomic E-state index is -2.48. The Morgan fingerprint density at radius 1 is 0.524 bits per heavy atom. The molecule has 0 N–H and O–H groups in total. The monoisotopic (exact) mass is 579 g/mol. The minimum Gasteiger partial charge on any atom is -0.456 e. The van der Waals surface area contributed by atoms with Gasteiger partial charge in [0, 0.05) is 5.57 Å². The summed E-state index contributed by atoms with van der Waals surface area (Å²) in [6.07, 6.45) is 0.406. The Morgan fingerprint density at radius 3 is 1.14 bits per heavy atom. The SMILES string of the molecule is CC(C)(C)OC(=O)C(C(=O)OC(C)(C)C)=C(C[P+](c1ccccc1)(c1ccccc1)c1ccccc1)c1ccccc1. The molecule has 0 amide bonds. The van der Waals surface area contributed by atoms with Gasteiger partial charge in [-0.25, -0.2) is 9.59 Å². The largest absolute Gasteiger partial charge is 0.456 e. The normalized spacial score (nSPS) is 11.9. The minimum absolute atomic E-state index is 0.0711. The summed E-state index contributed by atoms with van der Waals surface area (Å²) in [5.41, 5.74) is -0.313. The van der Waals surface area contributed by atoms with Gasteiger partial charge in [0.1, 0.15) is 40.5 Å². The topological polar surface area (TPSA) is 52.6 Å². The van der Waals surface area contributed by atoms with E-state index < -0.39 is 30.4 Å². The summed E-state index contributed by atoms with van der Waals surface area (Å²) < 4.78 is 11.8. The van der Waals surface area contributed by atoms with Crippen LogP contribution in [0.2, 0.25) is 0 Å². The summed E-state index contributed by atoms with van der Waals surface area (Å²) in [5, 5.41) is 3.43. The van der Waals surface area contributed by atoms with Crippen LogP contribution in [-0.2, 0) is 19.1 Å². The van der Waals surface area contributed by atoms with Crippen molar-refractivity contribution in [2.75, 3.05) is 6.16 Å². The molecule has 0 saturated carbocycles. The van der Waals surface area contributed by atoms with Crippen LogP contribution in [0.5, 0.6) is 0 Å². The Labute approximate surface area is 250 Å². The van der Waals surface area contributed by atoms with Gasteiger partial charge in [-0.15, -0.1) is 0 Å². The van der Waals surface area contributed by atoms with Crippen LogP contribution in [0.3, 0.4) is 0 Å². The Balaban J connectivity index is 2.12. The molecule has 42 heavy (non-hydrogen) atoms. The molecule has 216 valence electrons. The molecule has 4 aromatic carbocycles. The quantitative estimate of drug-likeness (QED) is 0.0734. The lowest BCUT2D eigenvalue weighted by atomic mass is 10.0. The number of carbonyl (C=O) groups is 2. The Morgan fingerprint density at radius 2 is 0.833 bits per heavy atom. The highest BCUT2D eigenvalue weighted by Gasteiger charge is 2.48. The van der Waals surface area contributed by atoms with E-state index in [0.717, 1.165) is 21.5 Å². The van der Waals surface area contributed by atoms with E-state index in [1.54, 1.807) is 41.5 Å². The molecule has 4 nitrogen and oxygen atoms in total. The van der Waals surface area contributed by atoms with Crippen molar-refractivity contribution < 1.29 is 19.1 Å². The number of hydrogen-bond acceptors (Lipinski definition) is 4. The summed E-state index contributed by atoms with van der Waals surface area (Å²) >= 11 is 0. The number of esters is 2. The third kappa shape index (κ3) is 7.43. The van der Waals surface area contributed by atoms with E-state index in [9.17, 15) is 9.59 Å². The van der Waals surface area contributed by atoms with E-state index in [1.165, 1.54) is 0 Å². The van der Waals surface area contributed by atoms with Crippen molar-refractivity contribution in [3.63, 3.8) is 0 Å². The lowest BCUT2D eigenvalue weighted by Gasteiger charge is -2.30. The van der Waals surface area contributed by atoms with Gasteiger partial charge in [0.25, 0.3) is 0 Å². The van der Waals surface area contributed by atoms with Gasteiger partial charge in [-0.3, -0.25) is 0 Å². The molecular weight excluding hydrogens is 539 g/mol. The van der Waals surface area contributed by atoms with E-state index in [0.29, 0.717) is 11.7 Å². The van der Waals surface area contributed by atoms with Gasteiger partial charge in [0.15, 0.2) is 5.57 Å². The second-order valence-electron chi connectivity index (χ2n) is 12.2. The smallest absolute Gasteiger partial charge is 0.346 e. The number of carbonyl (C=O) groups excluding carboxylic acids is 2. The van der Waals surface area contributed by atoms with Crippen molar-refractivity contribution in [2.24, 2.45) is 0 Å². The molecule has 0 radical (unpaired) electrons. The van der Waals surface area contributed by atoms with Crippen LogP contribution in [-0.4, -0.2) is 29.3 Å². The first-order chi connectivity index (χ1) is 19.9. The van der Waals surface area contributed by atoms with E-state index in [1.807, 2.05) is 84.9 Å². The van der Waals surface area contributed by atoms with E-state index in [4.69, 9.17) is 9.47 Å². The van der Waals surface area contributed by atoms with Gasteiger partial charge < -0.3 is 9.47 Å². The fourth-order valence-corrected chi connectivity index (χ4v) is 9.25. The molecule has 0 spiro atoms. The molecule has 0 aliphatic heterocycles. The van der Waals surface area contributed by atoms with Crippen LogP contribution in [0.4, 0.5) is 0 Å². The van der Waals surface area contributed by atoms with Gasteiger partial charge >= 0.3 is 11.9 Å². The highest BCUT2D eigenvalue weighted by molar-refractivity contribution is 7.96.